The summed E-state index contributed by atoms with van der Waals surface area (Å²) in [6, 6.07) is 1.77. The summed E-state index contributed by atoms with van der Waals surface area (Å²) >= 11 is 0. The van der Waals surface area contributed by atoms with Gasteiger partial charge in [0, 0.05) is 26.2 Å². The standard InChI is InChI=1S/C12H19N3O/c1-3-9-8-11(16)15-7-6-14(2)12(15)10(9)4-5-13/h8H,3-7,13H2,1-2H3. The predicted molar refractivity (Wildman–Crippen MR) is 66.1 cm³/mol. The van der Waals surface area contributed by atoms with Gasteiger partial charge in [0.25, 0.3) is 5.56 Å². The Hall–Kier alpha value is -1.29. The zero-order valence-corrected chi connectivity index (χ0v) is 9.99. The van der Waals surface area contributed by atoms with Crippen LogP contribution in [0.25, 0.3) is 0 Å². The van der Waals surface area contributed by atoms with Crippen LogP contribution in [0.3, 0.4) is 0 Å². The molecular weight excluding hydrogens is 202 g/mol. The summed E-state index contributed by atoms with van der Waals surface area (Å²) in [6.07, 6.45) is 1.75. The maximum Gasteiger partial charge on any atom is 0.252 e. The lowest BCUT2D eigenvalue weighted by atomic mass is 10.0. The smallest absolute Gasteiger partial charge is 0.252 e. The molecule has 4 nitrogen and oxygen atoms in total. The minimum Gasteiger partial charge on any atom is -0.359 e. The van der Waals surface area contributed by atoms with E-state index >= 15 is 0 Å². The van der Waals surface area contributed by atoms with Crippen LogP contribution in [-0.4, -0.2) is 24.7 Å². The molecule has 0 atom stereocenters. The van der Waals surface area contributed by atoms with E-state index in [1.54, 1.807) is 6.07 Å². The highest BCUT2D eigenvalue weighted by Crippen LogP contribution is 2.26. The van der Waals surface area contributed by atoms with Gasteiger partial charge in [-0.25, -0.2) is 0 Å². The molecule has 0 aliphatic carbocycles. The van der Waals surface area contributed by atoms with Gasteiger partial charge in [-0.05, 0) is 30.5 Å². The largest absolute Gasteiger partial charge is 0.359 e. The number of hydrogen-bond acceptors (Lipinski definition) is 3. The summed E-state index contributed by atoms with van der Waals surface area (Å²) in [5.74, 6) is 1.08. The zero-order chi connectivity index (χ0) is 11.7. The van der Waals surface area contributed by atoms with Gasteiger partial charge in [0.05, 0.1) is 0 Å². The monoisotopic (exact) mass is 221 g/mol. The fourth-order valence-electron chi connectivity index (χ4n) is 2.47. The second-order valence-electron chi connectivity index (χ2n) is 4.28. The number of hydrogen-bond donors (Lipinski definition) is 1. The van der Waals surface area contributed by atoms with Crippen molar-refractivity contribution in [2.75, 3.05) is 25.0 Å². The average Bonchev–Trinajstić information content (AvgIpc) is 2.65. The van der Waals surface area contributed by atoms with Crippen LogP contribution in [0.2, 0.25) is 0 Å². The van der Waals surface area contributed by atoms with E-state index in [4.69, 9.17) is 5.73 Å². The second kappa shape index (κ2) is 4.29. The molecule has 2 heterocycles. The lowest BCUT2D eigenvalue weighted by molar-refractivity contribution is 0.755. The third-order valence-corrected chi connectivity index (χ3v) is 3.27. The molecule has 0 saturated heterocycles. The van der Waals surface area contributed by atoms with E-state index in [0.29, 0.717) is 6.54 Å². The van der Waals surface area contributed by atoms with E-state index < -0.39 is 0 Å². The Morgan fingerprint density at radius 1 is 1.44 bits per heavy atom. The van der Waals surface area contributed by atoms with Crippen molar-refractivity contribution in [3.05, 3.63) is 27.5 Å². The normalized spacial score (nSPS) is 14.3. The lowest BCUT2D eigenvalue weighted by Crippen LogP contribution is -2.22. The number of rotatable bonds is 3. The summed E-state index contributed by atoms with van der Waals surface area (Å²) in [6.45, 7) is 4.43. The van der Waals surface area contributed by atoms with Crippen molar-refractivity contribution in [1.29, 1.82) is 0 Å². The molecule has 1 aliphatic heterocycles. The summed E-state index contributed by atoms with van der Waals surface area (Å²) in [7, 11) is 2.04. The first kappa shape index (κ1) is 11.2. The van der Waals surface area contributed by atoms with Crippen LogP contribution in [0.4, 0.5) is 5.82 Å². The fraction of sp³-hybridized carbons (Fsp3) is 0.583. The number of fused-ring (bicyclic) bond motifs is 1. The van der Waals surface area contributed by atoms with E-state index in [-0.39, 0.29) is 5.56 Å². The predicted octanol–water partition coefficient (Wildman–Crippen LogP) is 0.362. The van der Waals surface area contributed by atoms with Gasteiger partial charge >= 0.3 is 0 Å². The van der Waals surface area contributed by atoms with Crippen molar-refractivity contribution in [1.82, 2.24) is 4.57 Å². The number of aromatic nitrogens is 1. The van der Waals surface area contributed by atoms with E-state index in [2.05, 4.69) is 11.8 Å². The molecule has 0 fully saturated rings. The van der Waals surface area contributed by atoms with Crippen molar-refractivity contribution in [3.8, 4) is 0 Å². The average molecular weight is 221 g/mol. The van der Waals surface area contributed by atoms with E-state index in [1.807, 2.05) is 11.6 Å². The molecule has 2 N–H and O–H groups in total. The summed E-state index contributed by atoms with van der Waals surface area (Å²) in [4.78, 5) is 14.1. The topological polar surface area (TPSA) is 51.3 Å². The van der Waals surface area contributed by atoms with Gasteiger partial charge in [0.1, 0.15) is 5.82 Å². The van der Waals surface area contributed by atoms with Crippen LogP contribution < -0.4 is 16.2 Å². The van der Waals surface area contributed by atoms with E-state index in [9.17, 15) is 4.79 Å². The van der Waals surface area contributed by atoms with Crippen LogP contribution in [0, 0.1) is 0 Å². The molecule has 0 radical (unpaired) electrons. The number of nitrogens with zero attached hydrogens (tertiary/aromatic N) is 2. The van der Waals surface area contributed by atoms with Crippen LogP contribution in [0.15, 0.2) is 10.9 Å². The van der Waals surface area contributed by atoms with Crippen LogP contribution in [-0.2, 0) is 19.4 Å². The Bertz CT molecular complexity index is 450. The van der Waals surface area contributed by atoms with Gasteiger partial charge in [-0.1, -0.05) is 6.92 Å². The van der Waals surface area contributed by atoms with Crippen LogP contribution >= 0.6 is 0 Å². The molecule has 4 heteroatoms. The molecule has 0 unspecified atom stereocenters. The lowest BCUT2D eigenvalue weighted by Gasteiger charge is -2.18. The molecule has 0 spiro atoms. The third-order valence-electron chi connectivity index (χ3n) is 3.27. The quantitative estimate of drug-likeness (QED) is 0.802. The molecule has 1 aromatic rings. The maximum atomic E-state index is 11.9. The molecule has 2 rings (SSSR count). The van der Waals surface area contributed by atoms with Gasteiger partial charge in [-0.3, -0.25) is 9.36 Å². The molecular formula is C12H19N3O. The first-order chi connectivity index (χ1) is 7.69. The van der Waals surface area contributed by atoms with Crippen LogP contribution in [0.1, 0.15) is 18.1 Å². The Morgan fingerprint density at radius 2 is 2.19 bits per heavy atom. The second-order valence-corrected chi connectivity index (χ2v) is 4.28. The molecule has 0 amide bonds. The van der Waals surface area contributed by atoms with Gasteiger partial charge in [-0.15, -0.1) is 0 Å². The highest BCUT2D eigenvalue weighted by molar-refractivity contribution is 5.53. The Morgan fingerprint density at radius 3 is 2.81 bits per heavy atom. The summed E-state index contributed by atoms with van der Waals surface area (Å²) in [5, 5.41) is 0. The van der Waals surface area contributed by atoms with Crippen molar-refractivity contribution in [2.45, 2.75) is 26.3 Å². The van der Waals surface area contributed by atoms with Gasteiger partial charge in [0.15, 0.2) is 0 Å². The fourth-order valence-corrected chi connectivity index (χ4v) is 2.47. The highest BCUT2D eigenvalue weighted by Gasteiger charge is 2.22. The van der Waals surface area contributed by atoms with Gasteiger partial charge < -0.3 is 10.6 Å². The first-order valence-corrected chi connectivity index (χ1v) is 5.85. The van der Waals surface area contributed by atoms with Gasteiger partial charge in [0.2, 0.25) is 0 Å². The zero-order valence-electron chi connectivity index (χ0n) is 9.99. The highest BCUT2D eigenvalue weighted by atomic mass is 16.1. The summed E-state index contributed by atoms with van der Waals surface area (Å²) in [5.41, 5.74) is 8.18. The Labute approximate surface area is 95.7 Å². The number of pyridine rings is 1. The molecule has 1 aromatic heterocycles. The number of anilines is 1. The number of nitrogens with two attached hydrogens (primary N) is 1. The number of likely N-dealkylation sites (N-methyl/N-ethyl adjacent to an activating group) is 1. The molecule has 0 bridgehead atoms. The Balaban J connectivity index is 2.64. The van der Waals surface area contributed by atoms with E-state index in [1.165, 1.54) is 5.56 Å². The van der Waals surface area contributed by atoms with Crippen molar-refractivity contribution in [3.63, 3.8) is 0 Å². The Kier molecular flexibility index (Phi) is 3.01. The molecule has 0 aromatic carbocycles. The minimum atomic E-state index is 0.122. The van der Waals surface area contributed by atoms with Crippen molar-refractivity contribution >= 4 is 5.82 Å². The van der Waals surface area contributed by atoms with Crippen molar-refractivity contribution < 1.29 is 0 Å². The first-order valence-electron chi connectivity index (χ1n) is 5.85. The SMILES string of the molecule is CCc1cc(=O)n2c(c1CCN)N(C)CC2. The molecule has 88 valence electrons. The van der Waals surface area contributed by atoms with Crippen LogP contribution in [0.5, 0.6) is 0 Å². The van der Waals surface area contributed by atoms with Gasteiger partial charge in [-0.2, -0.15) is 0 Å². The van der Waals surface area contributed by atoms with E-state index in [0.717, 1.165) is 37.3 Å². The molecule has 16 heavy (non-hydrogen) atoms. The van der Waals surface area contributed by atoms with Crippen molar-refractivity contribution in [2.24, 2.45) is 5.73 Å². The molecule has 0 saturated carbocycles. The molecule has 1 aliphatic rings. The third kappa shape index (κ3) is 1.63. The summed E-state index contributed by atoms with van der Waals surface area (Å²) < 4.78 is 1.87. The number of aryl methyl sites for hydroxylation is 1. The minimum absolute atomic E-state index is 0.122. The maximum absolute atomic E-state index is 11.9.